The van der Waals surface area contributed by atoms with Gasteiger partial charge in [-0.05, 0) is 49.9 Å². The summed E-state index contributed by atoms with van der Waals surface area (Å²) in [6.45, 7) is 4.83. The maximum Gasteiger partial charge on any atom is 0.119 e. The first-order valence-electron chi connectivity index (χ1n) is 5.72. The SMILES string of the molecule is Cc1cc(C)cc(OCC2(CC#N)CC2)c1. The Bertz CT molecular complexity index is 407. The summed E-state index contributed by atoms with van der Waals surface area (Å²) in [6.07, 6.45) is 2.88. The topological polar surface area (TPSA) is 33.0 Å². The zero-order valence-electron chi connectivity index (χ0n) is 9.92. The Kier molecular flexibility index (Phi) is 2.87. The Hall–Kier alpha value is -1.49. The molecule has 1 aromatic rings. The van der Waals surface area contributed by atoms with E-state index >= 15 is 0 Å². The quantitative estimate of drug-likeness (QED) is 0.771. The Morgan fingerprint density at radius 1 is 1.25 bits per heavy atom. The molecule has 0 atom stereocenters. The second-order valence-electron chi connectivity index (χ2n) is 4.95. The highest BCUT2D eigenvalue weighted by Crippen LogP contribution is 2.48. The van der Waals surface area contributed by atoms with Crippen molar-refractivity contribution in [2.75, 3.05) is 6.61 Å². The number of hydrogen-bond acceptors (Lipinski definition) is 2. The molecule has 1 aliphatic rings. The predicted molar refractivity (Wildman–Crippen MR) is 63.3 cm³/mol. The van der Waals surface area contributed by atoms with Gasteiger partial charge in [0.25, 0.3) is 0 Å². The zero-order valence-corrected chi connectivity index (χ0v) is 9.92. The van der Waals surface area contributed by atoms with Gasteiger partial charge in [-0.3, -0.25) is 0 Å². The second kappa shape index (κ2) is 4.17. The van der Waals surface area contributed by atoms with Crippen molar-refractivity contribution in [1.82, 2.24) is 0 Å². The fraction of sp³-hybridized carbons (Fsp3) is 0.500. The second-order valence-corrected chi connectivity index (χ2v) is 4.95. The maximum absolute atomic E-state index is 8.72. The van der Waals surface area contributed by atoms with Gasteiger partial charge in [0, 0.05) is 11.8 Å². The predicted octanol–water partition coefficient (Wildman–Crippen LogP) is 3.38. The van der Waals surface area contributed by atoms with Gasteiger partial charge in [0.1, 0.15) is 5.75 Å². The van der Waals surface area contributed by atoms with E-state index < -0.39 is 0 Å². The molecule has 0 N–H and O–H groups in total. The highest BCUT2D eigenvalue weighted by molar-refractivity contribution is 5.33. The molecule has 84 valence electrons. The average Bonchev–Trinajstić information content (AvgIpc) is 2.95. The first-order chi connectivity index (χ1) is 7.63. The largest absolute Gasteiger partial charge is 0.493 e. The minimum atomic E-state index is 0.159. The molecule has 0 heterocycles. The van der Waals surface area contributed by atoms with Crippen LogP contribution in [-0.2, 0) is 0 Å². The van der Waals surface area contributed by atoms with Gasteiger partial charge in [-0.2, -0.15) is 5.26 Å². The van der Waals surface area contributed by atoms with Crippen LogP contribution in [-0.4, -0.2) is 6.61 Å². The molecule has 0 saturated heterocycles. The summed E-state index contributed by atoms with van der Waals surface area (Å²) in [6, 6.07) is 8.49. The molecule has 0 spiro atoms. The van der Waals surface area contributed by atoms with Crippen LogP contribution in [0, 0.1) is 30.6 Å². The van der Waals surface area contributed by atoms with E-state index in [1.54, 1.807) is 0 Å². The van der Waals surface area contributed by atoms with Gasteiger partial charge in [-0.25, -0.2) is 0 Å². The lowest BCUT2D eigenvalue weighted by atomic mass is 10.1. The van der Waals surface area contributed by atoms with Crippen molar-refractivity contribution in [3.05, 3.63) is 29.3 Å². The maximum atomic E-state index is 8.72. The average molecular weight is 215 g/mol. The Morgan fingerprint density at radius 2 is 1.88 bits per heavy atom. The van der Waals surface area contributed by atoms with Crippen LogP contribution in [0.2, 0.25) is 0 Å². The van der Waals surface area contributed by atoms with Crippen LogP contribution in [0.15, 0.2) is 18.2 Å². The first kappa shape index (κ1) is 11.0. The molecule has 2 rings (SSSR count). The highest BCUT2D eigenvalue weighted by Gasteiger charge is 2.43. The van der Waals surface area contributed by atoms with Gasteiger partial charge in [0.05, 0.1) is 12.7 Å². The minimum absolute atomic E-state index is 0.159. The van der Waals surface area contributed by atoms with Gasteiger partial charge in [0.15, 0.2) is 0 Å². The summed E-state index contributed by atoms with van der Waals surface area (Å²) in [5.74, 6) is 0.932. The molecule has 2 nitrogen and oxygen atoms in total. The van der Waals surface area contributed by atoms with Crippen molar-refractivity contribution in [1.29, 1.82) is 5.26 Å². The van der Waals surface area contributed by atoms with Crippen LogP contribution in [0.4, 0.5) is 0 Å². The van der Waals surface area contributed by atoms with E-state index in [4.69, 9.17) is 10.00 Å². The number of benzene rings is 1. The third-order valence-corrected chi connectivity index (χ3v) is 3.15. The molecule has 0 bridgehead atoms. The number of hydrogen-bond donors (Lipinski definition) is 0. The smallest absolute Gasteiger partial charge is 0.119 e. The van der Waals surface area contributed by atoms with Crippen LogP contribution in [0.5, 0.6) is 5.75 Å². The van der Waals surface area contributed by atoms with E-state index in [2.05, 4.69) is 38.1 Å². The molecule has 16 heavy (non-hydrogen) atoms. The fourth-order valence-electron chi connectivity index (χ4n) is 1.97. The molecule has 2 heteroatoms. The minimum Gasteiger partial charge on any atom is -0.493 e. The number of nitriles is 1. The van der Waals surface area contributed by atoms with Crippen molar-refractivity contribution in [3.63, 3.8) is 0 Å². The lowest BCUT2D eigenvalue weighted by Gasteiger charge is -2.13. The summed E-state index contributed by atoms with van der Waals surface area (Å²) < 4.78 is 5.80. The molecule has 0 amide bonds. The van der Waals surface area contributed by atoms with E-state index in [-0.39, 0.29) is 5.41 Å². The first-order valence-corrected chi connectivity index (χ1v) is 5.72. The van der Waals surface area contributed by atoms with Crippen LogP contribution >= 0.6 is 0 Å². The Balaban J connectivity index is 1.97. The van der Waals surface area contributed by atoms with Crippen LogP contribution < -0.4 is 4.74 Å². The zero-order chi connectivity index (χ0) is 11.6. The monoisotopic (exact) mass is 215 g/mol. The van der Waals surface area contributed by atoms with Crippen molar-refractivity contribution in [3.8, 4) is 11.8 Å². The Morgan fingerprint density at radius 3 is 2.38 bits per heavy atom. The third-order valence-electron chi connectivity index (χ3n) is 3.15. The van der Waals surface area contributed by atoms with E-state index in [0.717, 1.165) is 18.6 Å². The van der Waals surface area contributed by atoms with Gasteiger partial charge in [0.2, 0.25) is 0 Å². The van der Waals surface area contributed by atoms with Gasteiger partial charge in [-0.15, -0.1) is 0 Å². The van der Waals surface area contributed by atoms with Crippen LogP contribution in [0.25, 0.3) is 0 Å². The normalized spacial score (nSPS) is 16.6. The third kappa shape index (κ3) is 2.55. The standard InChI is InChI=1S/C14H17NO/c1-11-7-12(2)9-13(8-11)16-10-14(3-4-14)5-6-15/h7-9H,3-5,10H2,1-2H3. The fourth-order valence-corrected chi connectivity index (χ4v) is 1.97. The molecule has 0 aliphatic heterocycles. The summed E-state index contributed by atoms with van der Waals surface area (Å²) >= 11 is 0. The summed E-state index contributed by atoms with van der Waals surface area (Å²) in [4.78, 5) is 0. The Labute approximate surface area is 96.9 Å². The van der Waals surface area contributed by atoms with Crippen molar-refractivity contribution >= 4 is 0 Å². The van der Waals surface area contributed by atoms with Gasteiger partial charge >= 0.3 is 0 Å². The van der Waals surface area contributed by atoms with E-state index in [0.29, 0.717) is 13.0 Å². The van der Waals surface area contributed by atoms with E-state index in [1.807, 2.05) is 0 Å². The number of nitrogens with zero attached hydrogens (tertiary/aromatic N) is 1. The van der Waals surface area contributed by atoms with Crippen molar-refractivity contribution in [2.45, 2.75) is 33.1 Å². The molecule has 1 aliphatic carbocycles. The lowest BCUT2D eigenvalue weighted by Crippen LogP contribution is -2.12. The molecule has 0 radical (unpaired) electrons. The van der Waals surface area contributed by atoms with Crippen molar-refractivity contribution < 1.29 is 4.74 Å². The molecule has 1 saturated carbocycles. The molecular formula is C14H17NO. The van der Waals surface area contributed by atoms with Crippen LogP contribution in [0.3, 0.4) is 0 Å². The number of ether oxygens (including phenoxy) is 1. The molecule has 0 aromatic heterocycles. The number of rotatable bonds is 4. The molecule has 0 unspecified atom stereocenters. The van der Waals surface area contributed by atoms with E-state index in [1.165, 1.54) is 11.1 Å². The molecule has 1 aromatic carbocycles. The van der Waals surface area contributed by atoms with Gasteiger partial charge < -0.3 is 4.74 Å². The lowest BCUT2D eigenvalue weighted by molar-refractivity contribution is 0.236. The summed E-state index contributed by atoms with van der Waals surface area (Å²) in [5.41, 5.74) is 2.60. The molecule has 1 fully saturated rings. The molecular weight excluding hydrogens is 198 g/mol. The number of aryl methyl sites for hydroxylation is 2. The summed E-state index contributed by atoms with van der Waals surface area (Å²) in [7, 11) is 0. The van der Waals surface area contributed by atoms with Crippen LogP contribution in [0.1, 0.15) is 30.4 Å². The highest BCUT2D eigenvalue weighted by atomic mass is 16.5. The van der Waals surface area contributed by atoms with Gasteiger partial charge in [-0.1, -0.05) is 6.07 Å². The van der Waals surface area contributed by atoms with E-state index in [9.17, 15) is 0 Å². The van der Waals surface area contributed by atoms with Crippen molar-refractivity contribution in [2.24, 2.45) is 5.41 Å². The summed E-state index contributed by atoms with van der Waals surface area (Å²) in [5, 5.41) is 8.72.